The second kappa shape index (κ2) is 6.72. The molecule has 0 aliphatic carbocycles. The van der Waals surface area contributed by atoms with E-state index in [4.69, 9.17) is 32.7 Å². The standard InChI is InChI=1S/C12H14Cl2O3/c1-16-11-6-8(10(15)4-3-5-13)9(14)7-12(11)17-2/h6-7H,3-5H2,1-2H3. The van der Waals surface area contributed by atoms with Crippen molar-refractivity contribution in [3.63, 3.8) is 0 Å². The number of hydrogen-bond donors (Lipinski definition) is 0. The van der Waals surface area contributed by atoms with E-state index < -0.39 is 0 Å². The second-order valence-electron chi connectivity index (χ2n) is 3.40. The fourth-order valence-electron chi connectivity index (χ4n) is 1.43. The van der Waals surface area contributed by atoms with E-state index in [2.05, 4.69) is 0 Å². The van der Waals surface area contributed by atoms with Crippen LogP contribution in [0.3, 0.4) is 0 Å². The number of halogens is 2. The Morgan fingerprint density at radius 1 is 1.24 bits per heavy atom. The molecule has 0 radical (unpaired) electrons. The molecule has 0 fully saturated rings. The van der Waals surface area contributed by atoms with Gasteiger partial charge in [-0.2, -0.15) is 0 Å². The van der Waals surface area contributed by atoms with E-state index >= 15 is 0 Å². The molecule has 0 saturated carbocycles. The highest BCUT2D eigenvalue weighted by Gasteiger charge is 2.15. The molecule has 0 N–H and O–H groups in total. The van der Waals surface area contributed by atoms with Gasteiger partial charge < -0.3 is 9.47 Å². The van der Waals surface area contributed by atoms with E-state index in [1.807, 2.05) is 0 Å². The largest absolute Gasteiger partial charge is 0.493 e. The predicted octanol–water partition coefficient (Wildman–Crippen LogP) is 3.56. The van der Waals surface area contributed by atoms with Crippen molar-refractivity contribution in [1.82, 2.24) is 0 Å². The molecule has 0 aliphatic rings. The van der Waals surface area contributed by atoms with Crippen LogP contribution in [0.15, 0.2) is 12.1 Å². The number of carbonyl (C=O) groups excluding carboxylic acids is 1. The SMILES string of the molecule is COc1cc(Cl)c(C(=O)CCCCl)cc1OC. The van der Waals surface area contributed by atoms with Crippen molar-refractivity contribution in [2.45, 2.75) is 12.8 Å². The summed E-state index contributed by atoms with van der Waals surface area (Å²) < 4.78 is 10.2. The molecule has 5 heteroatoms. The van der Waals surface area contributed by atoms with Crippen molar-refractivity contribution in [2.75, 3.05) is 20.1 Å². The van der Waals surface area contributed by atoms with Gasteiger partial charge in [-0.3, -0.25) is 4.79 Å². The average Bonchev–Trinajstić information content (AvgIpc) is 2.35. The van der Waals surface area contributed by atoms with Gasteiger partial charge in [0.05, 0.1) is 19.2 Å². The van der Waals surface area contributed by atoms with Crippen LogP contribution in [-0.4, -0.2) is 25.9 Å². The first-order valence-electron chi connectivity index (χ1n) is 5.14. The Morgan fingerprint density at radius 3 is 2.35 bits per heavy atom. The topological polar surface area (TPSA) is 35.5 Å². The van der Waals surface area contributed by atoms with E-state index in [0.717, 1.165) is 0 Å². The quantitative estimate of drug-likeness (QED) is 0.589. The zero-order chi connectivity index (χ0) is 12.8. The third kappa shape index (κ3) is 3.51. The summed E-state index contributed by atoms with van der Waals surface area (Å²) in [5, 5.41) is 0.363. The van der Waals surface area contributed by atoms with Crippen LogP contribution in [0.25, 0.3) is 0 Å². The van der Waals surface area contributed by atoms with Gasteiger partial charge in [0.1, 0.15) is 0 Å². The fourth-order valence-corrected chi connectivity index (χ4v) is 1.82. The van der Waals surface area contributed by atoms with Crippen LogP contribution < -0.4 is 9.47 Å². The number of Topliss-reactive ketones (excluding diaryl/α,β-unsaturated/α-hetero) is 1. The molecule has 0 saturated heterocycles. The summed E-state index contributed by atoms with van der Waals surface area (Å²) in [5.41, 5.74) is 0.439. The highest BCUT2D eigenvalue weighted by Crippen LogP contribution is 2.33. The van der Waals surface area contributed by atoms with Crippen LogP contribution in [0.5, 0.6) is 11.5 Å². The molecule has 1 aromatic rings. The van der Waals surface area contributed by atoms with Crippen molar-refractivity contribution in [3.8, 4) is 11.5 Å². The summed E-state index contributed by atoms with van der Waals surface area (Å²) in [6.45, 7) is 0. The molecule has 17 heavy (non-hydrogen) atoms. The minimum absolute atomic E-state index is 0.0448. The molecule has 0 atom stereocenters. The lowest BCUT2D eigenvalue weighted by Gasteiger charge is -2.10. The van der Waals surface area contributed by atoms with E-state index in [-0.39, 0.29) is 5.78 Å². The Hall–Kier alpha value is -0.930. The third-order valence-corrected chi connectivity index (χ3v) is 2.89. The van der Waals surface area contributed by atoms with Gasteiger partial charge in [-0.1, -0.05) is 11.6 Å². The molecule has 94 valence electrons. The van der Waals surface area contributed by atoms with Gasteiger partial charge in [-0.05, 0) is 12.5 Å². The molecular weight excluding hydrogens is 263 g/mol. The Morgan fingerprint density at radius 2 is 1.82 bits per heavy atom. The summed E-state index contributed by atoms with van der Waals surface area (Å²) >= 11 is 11.6. The summed E-state index contributed by atoms with van der Waals surface area (Å²) in [6.07, 6.45) is 1.00. The Labute approximate surface area is 111 Å². The fraction of sp³-hybridized carbons (Fsp3) is 0.417. The lowest BCUT2D eigenvalue weighted by atomic mass is 10.1. The minimum atomic E-state index is -0.0448. The molecule has 0 heterocycles. The maximum absolute atomic E-state index is 11.9. The number of alkyl halides is 1. The molecule has 1 aromatic carbocycles. The molecular formula is C12H14Cl2O3. The van der Waals surface area contributed by atoms with Crippen LogP contribution in [-0.2, 0) is 0 Å². The first-order valence-corrected chi connectivity index (χ1v) is 6.06. The van der Waals surface area contributed by atoms with Gasteiger partial charge in [0.15, 0.2) is 17.3 Å². The van der Waals surface area contributed by atoms with E-state index in [9.17, 15) is 4.79 Å². The van der Waals surface area contributed by atoms with Crippen LogP contribution >= 0.6 is 23.2 Å². The number of hydrogen-bond acceptors (Lipinski definition) is 3. The maximum atomic E-state index is 11.9. The third-order valence-electron chi connectivity index (χ3n) is 2.31. The maximum Gasteiger partial charge on any atom is 0.164 e. The molecule has 0 bridgehead atoms. The predicted molar refractivity (Wildman–Crippen MR) is 68.8 cm³/mol. The molecule has 0 aromatic heterocycles. The van der Waals surface area contributed by atoms with Gasteiger partial charge >= 0.3 is 0 Å². The molecule has 0 aliphatic heterocycles. The van der Waals surface area contributed by atoms with Crippen LogP contribution in [0.2, 0.25) is 5.02 Å². The van der Waals surface area contributed by atoms with Crippen LogP contribution in [0.4, 0.5) is 0 Å². The van der Waals surface area contributed by atoms with Gasteiger partial charge in [-0.15, -0.1) is 11.6 Å². The van der Waals surface area contributed by atoms with Gasteiger partial charge in [-0.25, -0.2) is 0 Å². The van der Waals surface area contributed by atoms with Gasteiger partial charge in [0.2, 0.25) is 0 Å². The normalized spacial score (nSPS) is 10.1. The summed E-state index contributed by atoms with van der Waals surface area (Å²) in [7, 11) is 3.03. The number of ketones is 1. The van der Waals surface area contributed by atoms with Crippen molar-refractivity contribution < 1.29 is 14.3 Å². The second-order valence-corrected chi connectivity index (χ2v) is 4.19. The number of carbonyl (C=O) groups is 1. The van der Waals surface area contributed by atoms with Crippen molar-refractivity contribution in [2.24, 2.45) is 0 Å². The number of methoxy groups -OCH3 is 2. The average molecular weight is 277 g/mol. The van der Waals surface area contributed by atoms with Crippen LogP contribution in [0.1, 0.15) is 23.2 Å². The zero-order valence-electron chi connectivity index (χ0n) is 9.76. The van der Waals surface area contributed by atoms with Crippen molar-refractivity contribution in [3.05, 3.63) is 22.7 Å². The van der Waals surface area contributed by atoms with E-state index in [1.165, 1.54) is 14.2 Å². The Balaban J connectivity index is 3.03. The first-order chi connectivity index (χ1) is 8.13. The van der Waals surface area contributed by atoms with E-state index in [1.54, 1.807) is 12.1 Å². The molecule has 0 unspecified atom stereocenters. The summed E-state index contributed by atoms with van der Waals surface area (Å²) in [6, 6.07) is 3.17. The van der Waals surface area contributed by atoms with Gasteiger partial charge in [0.25, 0.3) is 0 Å². The summed E-state index contributed by atoms with van der Waals surface area (Å²) in [5.74, 6) is 1.41. The van der Waals surface area contributed by atoms with E-state index in [0.29, 0.717) is 40.8 Å². The Bertz CT molecular complexity index is 405. The smallest absolute Gasteiger partial charge is 0.164 e. The lowest BCUT2D eigenvalue weighted by Crippen LogP contribution is -2.02. The summed E-state index contributed by atoms with van der Waals surface area (Å²) in [4.78, 5) is 11.9. The number of ether oxygens (including phenoxy) is 2. The molecule has 0 spiro atoms. The minimum Gasteiger partial charge on any atom is -0.493 e. The van der Waals surface area contributed by atoms with Crippen molar-refractivity contribution in [1.29, 1.82) is 0 Å². The first kappa shape index (κ1) is 14.1. The lowest BCUT2D eigenvalue weighted by molar-refractivity contribution is 0.0981. The molecule has 1 rings (SSSR count). The Kier molecular flexibility index (Phi) is 5.59. The van der Waals surface area contributed by atoms with Crippen LogP contribution in [0, 0.1) is 0 Å². The number of benzene rings is 1. The van der Waals surface area contributed by atoms with Gasteiger partial charge in [0, 0.05) is 23.9 Å². The molecule has 3 nitrogen and oxygen atoms in total. The highest BCUT2D eigenvalue weighted by atomic mass is 35.5. The van der Waals surface area contributed by atoms with Crippen molar-refractivity contribution >= 4 is 29.0 Å². The molecule has 0 amide bonds. The number of rotatable bonds is 6. The monoisotopic (exact) mass is 276 g/mol. The zero-order valence-corrected chi connectivity index (χ0v) is 11.3. The highest BCUT2D eigenvalue weighted by molar-refractivity contribution is 6.34.